The molecule has 1 aromatic heterocycles. The molecule has 0 aliphatic carbocycles. The van der Waals surface area contributed by atoms with Crippen molar-refractivity contribution >= 4 is 11.5 Å². The fourth-order valence-electron chi connectivity index (χ4n) is 2.11. The van der Waals surface area contributed by atoms with Crippen LogP contribution in [0.15, 0.2) is 18.3 Å². The Hall–Kier alpha value is -1.29. The summed E-state index contributed by atoms with van der Waals surface area (Å²) in [5.74, 6) is 6.02. The molecule has 0 aliphatic rings. The normalized spacial score (nSPS) is 10.4. The van der Waals surface area contributed by atoms with E-state index in [-0.39, 0.29) is 0 Å². The summed E-state index contributed by atoms with van der Waals surface area (Å²) in [6, 6.07) is 3.89. The molecular weight excluding hydrogens is 236 g/mol. The molecule has 4 N–H and O–H groups in total. The molecule has 0 atom stereocenters. The van der Waals surface area contributed by atoms with Crippen LogP contribution in [0.25, 0.3) is 0 Å². The van der Waals surface area contributed by atoms with E-state index in [2.05, 4.69) is 22.7 Å². The predicted molar refractivity (Wildman–Crippen MR) is 83.1 cm³/mol. The van der Waals surface area contributed by atoms with Gasteiger partial charge < -0.3 is 10.7 Å². The average Bonchev–Trinajstić information content (AvgIpc) is 2.46. The summed E-state index contributed by atoms with van der Waals surface area (Å²) in [6.07, 6.45) is 12.6. The standard InChI is InChI=1S/C15H28N4/c1-2-3-4-5-6-7-8-9-11-17-14-10-12-18-15(13-14)19-16/h10,12-13H,2-9,11,16H2,1H3,(H2,17,18,19). The first-order valence-corrected chi connectivity index (χ1v) is 7.53. The van der Waals surface area contributed by atoms with Crippen LogP contribution in [0.4, 0.5) is 11.5 Å². The third-order valence-corrected chi connectivity index (χ3v) is 3.27. The lowest BCUT2D eigenvalue weighted by Gasteiger charge is -2.07. The summed E-state index contributed by atoms with van der Waals surface area (Å²) >= 11 is 0. The molecule has 1 heterocycles. The quantitative estimate of drug-likeness (QED) is 0.322. The minimum absolute atomic E-state index is 0.695. The summed E-state index contributed by atoms with van der Waals surface area (Å²) in [5, 5.41) is 3.40. The molecule has 0 unspecified atom stereocenters. The highest BCUT2D eigenvalue weighted by molar-refractivity contribution is 5.51. The van der Waals surface area contributed by atoms with E-state index in [0.717, 1.165) is 12.2 Å². The molecule has 0 aliphatic heterocycles. The van der Waals surface area contributed by atoms with Gasteiger partial charge in [-0.2, -0.15) is 0 Å². The van der Waals surface area contributed by atoms with Crippen molar-refractivity contribution in [3.63, 3.8) is 0 Å². The van der Waals surface area contributed by atoms with E-state index in [1.54, 1.807) is 6.20 Å². The van der Waals surface area contributed by atoms with E-state index in [1.807, 2.05) is 12.1 Å². The lowest BCUT2D eigenvalue weighted by molar-refractivity contribution is 0.581. The van der Waals surface area contributed by atoms with Crippen molar-refractivity contribution in [1.29, 1.82) is 0 Å². The highest BCUT2D eigenvalue weighted by atomic mass is 15.2. The van der Waals surface area contributed by atoms with Crippen LogP contribution >= 0.6 is 0 Å². The Balaban J connectivity index is 1.98. The fraction of sp³-hybridized carbons (Fsp3) is 0.667. The first kappa shape index (κ1) is 15.8. The topological polar surface area (TPSA) is 63.0 Å². The van der Waals surface area contributed by atoms with Crippen LogP contribution < -0.4 is 16.6 Å². The highest BCUT2D eigenvalue weighted by Gasteiger charge is 1.95. The molecule has 0 radical (unpaired) electrons. The van der Waals surface area contributed by atoms with Crippen LogP contribution in [0.3, 0.4) is 0 Å². The van der Waals surface area contributed by atoms with Crippen LogP contribution in [0.2, 0.25) is 0 Å². The Kier molecular flexibility index (Phi) is 8.81. The number of rotatable bonds is 11. The number of aromatic nitrogens is 1. The minimum Gasteiger partial charge on any atom is -0.385 e. The Labute approximate surface area is 117 Å². The number of hydrogen-bond acceptors (Lipinski definition) is 4. The van der Waals surface area contributed by atoms with E-state index in [0.29, 0.717) is 5.82 Å². The van der Waals surface area contributed by atoms with Crippen LogP contribution in [0.5, 0.6) is 0 Å². The lowest BCUT2D eigenvalue weighted by atomic mass is 10.1. The summed E-state index contributed by atoms with van der Waals surface area (Å²) < 4.78 is 0. The average molecular weight is 264 g/mol. The maximum absolute atomic E-state index is 5.32. The molecule has 0 saturated heterocycles. The number of nitrogen functional groups attached to an aromatic ring is 1. The first-order chi connectivity index (χ1) is 9.36. The zero-order chi connectivity index (χ0) is 13.8. The highest BCUT2D eigenvalue weighted by Crippen LogP contribution is 2.12. The monoisotopic (exact) mass is 264 g/mol. The lowest BCUT2D eigenvalue weighted by Crippen LogP contribution is -2.09. The summed E-state index contributed by atoms with van der Waals surface area (Å²) in [4.78, 5) is 4.07. The van der Waals surface area contributed by atoms with Crippen molar-refractivity contribution in [2.75, 3.05) is 17.3 Å². The van der Waals surface area contributed by atoms with E-state index in [4.69, 9.17) is 5.84 Å². The number of pyridine rings is 1. The molecule has 19 heavy (non-hydrogen) atoms. The van der Waals surface area contributed by atoms with Gasteiger partial charge in [0.2, 0.25) is 0 Å². The van der Waals surface area contributed by atoms with Gasteiger partial charge in [-0.1, -0.05) is 51.9 Å². The van der Waals surface area contributed by atoms with Gasteiger partial charge >= 0.3 is 0 Å². The molecule has 4 heteroatoms. The van der Waals surface area contributed by atoms with Gasteiger partial charge in [-0.05, 0) is 12.5 Å². The SMILES string of the molecule is CCCCCCCCCCNc1ccnc(NN)c1. The van der Waals surface area contributed by atoms with Gasteiger partial charge in [0.1, 0.15) is 5.82 Å². The zero-order valence-electron chi connectivity index (χ0n) is 12.1. The molecule has 108 valence electrons. The number of nitrogens with one attached hydrogen (secondary N) is 2. The van der Waals surface area contributed by atoms with Crippen molar-refractivity contribution in [2.45, 2.75) is 58.3 Å². The van der Waals surface area contributed by atoms with Gasteiger partial charge in [0.05, 0.1) is 0 Å². The van der Waals surface area contributed by atoms with Gasteiger partial charge in [-0.3, -0.25) is 0 Å². The number of anilines is 2. The minimum atomic E-state index is 0.695. The van der Waals surface area contributed by atoms with Gasteiger partial charge in [-0.25, -0.2) is 10.8 Å². The van der Waals surface area contributed by atoms with E-state index < -0.39 is 0 Å². The summed E-state index contributed by atoms with van der Waals surface area (Å²) in [5.41, 5.74) is 3.63. The van der Waals surface area contributed by atoms with Gasteiger partial charge in [0.25, 0.3) is 0 Å². The van der Waals surface area contributed by atoms with Crippen LogP contribution in [-0.2, 0) is 0 Å². The van der Waals surface area contributed by atoms with Crippen molar-refractivity contribution in [3.05, 3.63) is 18.3 Å². The molecule has 1 aromatic rings. The van der Waals surface area contributed by atoms with Crippen LogP contribution in [-0.4, -0.2) is 11.5 Å². The molecular formula is C15H28N4. The van der Waals surface area contributed by atoms with Crippen molar-refractivity contribution in [2.24, 2.45) is 5.84 Å². The molecule has 0 bridgehead atoms. The molecule has 0 amide bonds. The van der Waals surface area contributed by atoms with Crippen LogP contribution in [0, 0.1) is 0 Å². The largest absolute Gasteiger partial charge is 0.385 e. The summed E-state index contributed by atoms with van der Waals surface area (Å²) in [6.45, 7) is 3.28. The maximum atomic E-state index is 5.32. The number of unbranched alkanes of at least 4 members (excludes halogenated alkanes) is 7. The molecule has 4 nitrogen and oxygen atoms in total. The van der Waals surface area contributed by atoms with Crippen molar-refractivity contribution in [3.8, 4) is 0 Å². The molecule has 0 fully saturated rings. The zero-order valence-corrected chi connectivity index (χ0v) is 12.1. The Bertz CT molecular complexity index is 328. The predicted octanol–water partition coefficient (Wildman–Crippen LogP) is 3.92. The first-order valence-electron chi connectivity index (χ1n) is 7.53. The molecule has 0 spiro atoms. The van der Waals surface area contributed by atoms with Gasteiger partial charge in [0.15, 0.2) is 0 Å². The van der Waals surface area contributed by atoms with Crippen LogP contribution in [0.1, 0.15) is 58.3 Å². The Morgan fingerprint density at radius 2 is 1.74 bits per heavy atom. The van der Waals surface area contributed by atoms with Crippen molar-refractivity contribution < 1.29 is 0 Å². The second kappa shape index (κ2) is 10.6. The van der Waals surface area contributed by atoms with E-state index in [1.165, 1.54) is 51.4 Å². The van der Waals surface area contributed by atoms with Crippen molar-refractivity contribution in [1.82, 2.24) is 4.98 Å². The number of nitrogens with zero attached hydrogens (tertiary/aromatic N) is 1. The van der Waals surface area contributed by atoms with E-state index >= 15 is 0 Å². The molecule has 0 saturated carbocycles. The smallest absolute Gasteiger partial charge is 0.141 e. The maximum Gasteiger partial charge on any atom is 0.141 e. The van der Waals surface area contributed by atoms with Gasteiger partial charge in [-0.15, -0.1) is 0 Å². The second-order valence-corrected chi connectivity index (χ2v) is 4.98. The second-order valence-electron chi connectivity index (χ2n) is 4.98. The number of nitrogens with two attached hydrogens (primary N) is 1. The fourth-order valence-corrected chi connectivity index (χ4v) is 2.11. The Morgan fingerprint density at radius 3 is 2.42 bits per heavy atom. The molecule has 1 rings (SSSR count). The van der Waals surface area contributed by atoms with E-state index in [9.17, 15) is 0 Å². The third kappa shape index (κ3) is 7.67. The van der Waals surface area contributed by atoms with Gasteiger partial charge in [0, 0.05) is 24.5 Å². The third-order valence-electron chi connectivity index (χ3n) is 3.27. The molecule has 0 aromatic carbocycles. The number of hydrogen-bond donors (Lipinski definition) is 3. The number of hydrazine groups is 1. The summed E-state index contributed by atoms with van der Waals surface area (Å²) in [7, 11) is 0. The Morgan fingerprint density at radius 1 is 1.05 bits per heavy atom.